The van der Waals surface area contributed by atoms with E-state index in [2.05, 4.69) is 15.9 Å². The van der Waals surface area contributed by atoms with E-state index in [-0.39, 0.29) is 16.8 Å². The molecule has 0 saturated carbocycles. The van der Waals surface area contributed by atoms with Crippen LogP contribution in [0.4, 0.5) is 4.39 Å². The smallest absolute Gasteiger partial charge is 0.241 e. The monoisotopic (exact) mass is 393 g/mol. The van der Waals surface area contributed by atoms with E-state index < -0.39 is 20.7 Å². The number of ether oxygens (including phenoxy) is 1. The lowest BCUT2D eigenvalue weighted by molar-refractivity contribution is 0.302. The maximum Gasteiger partial charge on any atom is 0.241 e. The first-order valence-corrected chi connectivity index (χ1v) is 8.38. The number of hydrogen-bond acceptors (Lipinski definition) is 3. The largest absolute Gasteiger partial charge is 0.488 e. The summed E-state index contributed by atoms with van der Waals surface area (Å²) in [5, 5.41) is 5.48. The van der Waals surface area contributed by atoms with E-state index in [4.69, 9.17) is 21.5 Å². The second-order valence-electron chi connectivity index (χ2n) is 4.18. The van der Waals surface area contributed by atoms with Gasteiger partial charge < -0.3 is 4.74 Å². The van der Waals surface area contributed by atoms with Gasteiger partial charge in [0.15, 0.2) is 0 Å². The highest BCUT2D eigenvalue weighted by Gasteiger charge is 2.18. The van der Waals surface area contributed by atoms with Crippen molar-refractivity contribution in [2.45, 2.75) is 11.5 Å². The molecule has 0 aliphatic heterocycles. The molecular formula is C13H10BrClFNO3S. The predicted molar refractivity (Wildman–Crippen MR) is 81.3 cm³/mol. The van der Waals surface area contributed by atoms with Crippen molar-refractivity contribution in [3.63, 3.8) is 0 Å². The number of benzene rings is 2. The van der Waals surface area contributed by atoms with Gasteiger partial charge in [0.2, 0.25) is 10.0 Å². The van der Waals surface area contributed by atoms with Crippen molar-refractivity contribution in [3.05, 3.63) is 57.3 Å². The third-order valence-electron chi connectivity index (χ3n) is 2.58. The molecule has 2 N–H and O–H groups in total. The second kappa shape index (κ2) is 6.31. The lowest BCUT2D eigenvalue weighted by atomic mass is 10.2. The Bertz CT molecular complexity index is 783. The van der Waals surface area contributed by atoms with Crippen LogP contribution < -0.4 is 9.88 Å². The second-order valence-corrected chi connectivity index (χ2v) is 7.00. The van der Waals surface area contributed by atoms with Gasteiger partial charge in [-0.1, -0.05) is 23.7 Å². The van der Waals surface area contributed by atoms with E-state index in [1.165, 1.54) is 0 Å². The molecule has 4 nitrogen and oxygen atoms in total. The molecule has 21 heavy (non-hydrogen) atoms. The van der Waals surface area contributed by atoms with Gasteiger partial charge in [-0.25, -0.2) is 17.9 Å². The molecule has 0 spiro atoms. The SMILES string of the molecule is NS(=O)(=O)c1cc(Br)c(OCc2cccc(Cl)c2)cc1F. The lowest BCUT2D eigenvalue weighted by Crippen LogP contribution is -2.14. The highest BCUT2D eigenvalue weighted by Crippen LogP contribution is 2.30. The van der Waals surface area contributed by atoms with Crippen LogP contribution in [-0.2, 0) is 16.6 Å². The molecule has 112 valence electrons. The molecule has 0 atom stereocenters. The number of primary sulfonamides is 1. The quantitative estimate of drug-likeness (QED) is 0.863. The van der Waals surface area contributed by atoms with Gasteiger partial charge in [-0.15, -0.1) is 0 Å². The van der Waals surface area contributed by atoms with E-state index in [0.29, 0.717) is 5.02 Å². The Morgan fingerprint density at radius 1 is 1.29 bits per heavy atom. The van der Waals surface area contributed by atoms with Crippen molar-refractivity contribution < 1.29 is 17.5 Å². The van der Waals surface area contributed by atoms with Crippen LogP contribution in [0.1, 0.15) is 5.56 Å². The summed E-state index contributed by atoms with van der Waals surface area (Å²) in [7, 11) is -4.12. The number of sulfonamides is 1. The van der Waals surface area contributed by atoms with Crippen LogP contribution >= 0.6 is 27.5 Å². The maximum absolute atomic E-state index is 13.7. The first-order valence-electron chi connectivity index (χ1n) is 5.66. The standard InChI is InChI=1S/C13H10BrClFNO3S/c14-10-5-13(21(17,18)19)11(16)6-12(10)20-7-8-2-1-3-9(15)4-8/h1-6H,7H2,(H2,17,18,19). The van der Waals surface area contributed by atoms with Crippen molar-refractivity contribution in [2.75, 3.05) is 0 Å². The van der Waals surface area contributed by atoms with Crippen molar-refractivity contribution in [2.24, 2.45) is 5.14 Å². The summed E-state index contributed by atoms with van der Waals surface area (Å²) in [6.45, 7) is 0.160. The van der Waals surface area contributed by atoms with E-state index >= 15 is 0 Å². The van der Waals surface area contributed by atoms with Crippen LogP contribution in [-0.4, -0.2) is 8.42 Å². The minimum absolute atomic E-state index is 0.160. The molecule has 0 amide bonds. The molecule has 0 aromatic heterocycles. The summed E-state index contributed by atoms with van der Waals surface area (Å²) in [5.41, 5.74) is 0.797. The minimum atomic E-state index is -4.12. The molecule has 0 heterocycles. The topological polar surface area (TPSA) is 69.4 Å². The Balaban J connectivity index is 2.24. The van der Waals surface area contributed by atoms with Gasteiger partial charge in [0, 0.05) is 11.1 Å². The summed E-state index contributed by atoms with van der Waals surface area (Å²) in [6.07, 6.45) is 0. The van der Waals surface area contributed by atoms with Crippen LogP contribution in [0.15, 0.2) is 45.8 Å². The Labute approximate surface area is 134 Å². The molecule has 0 saturated heterocycles. The lowest BCUT2D eigenvalue weighted by Gasteiger charge is -2.10. The highest BCUT2D eigenvalue weighted by atomic mass is 79.9. The average Bonchev–Trinajstić information content (AvgIpc) is 2.38. The number of nitrogens with two attached hydrogens (primary N) is 1. The molecule has 2 aromatic carbocycles. The summed E-state index contributed by atoms with van der Waals surface area (Å²) in [6, 6.07) is 9.04. The Morgan fingerprint density at radius 3 is 2.62 bits per heavy atom. The van der Waals surface area contributed by atoms with Crippen molar-refractivity contribution in [1.29, 1.82) is 0 Å². The summed E-state index contributed by atoms with van der Waals surface area (Å²) in [4.78, 5) is -0.593. The summed E-state index contributed by atoms with van der Waals surface area (Å²) >= 11 is 8.97. The van der Waals surface area contributed by atoms with Gasteiger partial charge in [-0.3, -0.25) is 0 Å². The minimum Gasteiger partial charge on any atom is -0.488 e. The Morgan fingerprint density at radius 2 is 2.00 bits per heavy atom. The third kappa shape index (κ3) is 4.16. The van der Waals surface area contributed by atoms with Gasteiger partial charge in [0.1, 0.15) is 23.1 Å². The summed E-state index contributed by atoms with van der Waals surface area (Å²) in [5.74, 6) is -0.804. The molecule has 0 aliphatic rings. The highest BCUT2D eigenvalue weighted by molar-refractivity contribution is 9.10. The van der Waals surface area contributed by atoms with Gasteiger partial charge >= 0.3 is 0 Å². The van der Waals surface area contributed by atoms with E-state index in [1.807, 2.05) is 0 Å². The fourth-order valence-corrected chi connectivity index (χ4v) is 3.06. The zero-order valence-electron chi connectivity index (χ0n) is 10.5. The molecular weight excluding hydrogens is 385 g/mol. The van der Waals surface area contributed by atoms with Crippen LogP contribution in [0.5, 0.6) is 5.75 Å². The number of rotatable bonds is 4. The van der Waals surface area contributed by atoms with Crippen molar-refractivity contribution in [3.8, 4) is 5.75 Å². The maximum atomic E-state index is 13.7. The molecule has 8 heteroatoms. The van der Waals surface area contributed by atoms with Gasteiger partial charge in [-0.2, -0.15) is 0 Å². The molecule has 0 fully saturated rings. The number of hydrogen-bond donors (Lipinski definition) is 1. The van der Waals surface area contributed by atoms with E-state index in [9.17, 15) is 12.8 Å². The Kier molecular flexibility index (Phi) is 4.88. The molecule has 0 aliphatic carbocycles. The van der Waals surface area contributed by atoms with Crippen LogP contribution in [0.3, 0.4) is 0 Å². The fraction of sp³-hybridized carbons (Fsp3) is 0.0769. The van der Waals surface area contributed by atoms with Crippen molar-refractivity contribution in [1.82, 2.24) is 0 Å². The van der Waals surface area contributed by atoms with Crippen LogP contribution in [0, 0.1) is 5.82 Å². The van der Waals surface area contributed by atoms with Crippen LogP contribution in [0.2, 0.25) is 5.02 Å². The van der Waals surface area contributed by atoms with Gasteiger partial charge in [-0.05, 0) is 39.7 Å². The fourth-order valence-electron chi connectivity index (χ4n) is 1.63. The van der Waals surface area contributed by atoms with E-state index in [0.717, 1.165) is 17.7 Å². The molecule has 0 radical (unpaired) electrons. The van der Waals surface area contributed by atoms with Gasteiger partial charge in [0.25, 0.3) is 0 Å². The van der Waals surface area contributed by atoms with Crippen molar-refractivity contribution >= 4 is 37.6 Å². The molecule has 2 rings (SSSR count). The van der Waals surface area contributed by atoms with Crippen LogP contribution in [0.25, 0.3) is 0 Å². The summed E-state index contributed by atoms with van der Waals surface area (Å²) < 4.78 is 41.9. The normalized spacial score (nSPS) is 11.4. The molecule has 0 unspecified atom stereocenters. The first-order chi connectivity index (χ1) is 9.77. The zero-order valence-corrected chi connectivity index (χ0v) is 13.7. The third-order valence-corrected chi connectivity index (χ3v) is 4.36. The Hall–Kier alpha value is -1.15. The first kappa shape index (κ1) is 16.2. The predicted octanol–water partition coefficient (Wildman–Crippen LogP) is 3.47. The molecule has 2 aromatic rings. The number of halogens is 3. The van der Waals surface area contributed by atoms with Gasteiger partial charge in [0.05, 0.1) is 4.47 Å². The average molecular weight is 395 g/mol. The molecule has 0 bridgehead atoms. The van der Waals surface area contributed by atoms with E-state index in [1.54, 1.807) is 24.3 Å². The zero-order chi connectivity index (χ0) is 15.6.